The summed E-state index contributed by atoms with van der Waals surface area (Å²) in [5.74, 6) is 1.52. The van der Waals surface area contributed by atoms with E-state index in [1.807, 2.05) is 38.1 Å². The first-order valence-corrected chi connectivity index (χ1v) is 10.7. The third-order valence-corrected chi connectivity index (χ3v) is 6.62. The van der Waals surface area contributed by atoms with Crippen molar-refractivity contribution in [3.05, 3.63) is 52.1 Å². The van der Waals surface area contributed by atoms with Gasteiger partial charge in [0.1, 0.15) is 23.0 Å². The zero-order valence-electron chi connectivity index (χ0n) is 17.8. The van der Waals surface area contributed by atoms with E-state index < -0.39 is 5.97 Å². The van der Waals surface area contributed by atoms with Crippen LogP contribution in [-0.2, 0) is 27.8 Å². The van der Waals surface area contributed by atoms with Gasteiger partial charge < -0.3 is 14.6 Å². The Hall–Kier alpha value is -2.82. The maximum absolute atomic E-state index is 12.8. The van der Waals surface area contributed by atoms with Gasteiger partial charge in [0.25, 0.3) is 0 Å². The minimum absolute atomic E-state index is 0.314. The Kier molecular flexibility index (Phi) is 5.31. The minimum atomic E-state index is -0.986. The Bertz CT molecular complexity index is 1020. The molecule has 0 unspecified atom stereocenters. The van der Waals surface area contributed by atoms with E-state index in [0.717, 1.165) is 71.4 Å². The Morgan fingerprint density at radius 3 is 2.37 bits per heavy atom. The lowest BCUT2D eigenvalue weighted by molar-refractivity contribution is -0.139. The second-order valence-corrected chi connectivity index (χ2v) is 8.45. The summed E-state index contributed by atoms with van der Waals surface area (Å²) in [5.41, 5.74) is 4.90. The zero-order chi connectivity index (χ0) is 21.5. The van der Waals surface area contributed by atoms with Gasteiger partial charge in [-0.15, -0.1) is 0 Å². The zero-order valence-corrected chi connectivity index (χ0v) is 17.8. The number of hydrogen-bond acceptors (Lipinski definition) is 4. The van der Waals surface area contributed by atoms with E-state index in [-0.39, 0.29) is 12.0 Å². The fraction of sp³-hybridized carbons (Fsp3) is 0.440. The van der Waals surface area contributed by atoms with Gasteiger partial charge in [-0.25, -0.2) is 4.79 Å². The van der Waals surface area contributed by atoms with Crippen LogP contribution in [0.1, 0.15) is 60.4 Å². The number of carboxylic acids is 1. The number of rotatable bonds is 8. The van der Waals surface area contributed by atoms with Crippen LogP contribution >= 0.6 is 0 Å². The van der Waals surface area contributed by atoms with Gasteiger partial charge in [-0.3, -0.25) is 4.79 Å². The molecule has 0 heterocycles. The van der Waals surface area contributed by atoms with Gasteiger partial charge in [0.15, 0.2) is 6.61 Å². The quantitative estimate of drug-likeness (QED) is 0.661. The van der Waals surface area contributed by atoms with Crippen molar-refractivity contribution < 1.29 is 24.2 Å². The monoisotopic (exact) mass is 408 g/mol. The number of carbonyl (C=O) groups excluding carboxylic acids is 1. The number of aryl methyl sites for hydroxylation is 2. The SMILES string of the molecule is CCC(=O)C1(c2cc(Oc3c(C)cc(OCC(=O)O)c4c3CC4)ccc2C)CCC1. The van der Waals surface area contributed by atoms with E-state index in [4.69, 9.17) is 14.6 Å². The van der Waals surface area contributed by atoms with Crippen molar-refractivity contribution in [2.75, 3.05) is 6.61 Å². The molecule has 1 fully saturated rings. The highest BCUT2D eigenvalue weighted by Gasteiger charge is 2.45. The van der Waals surface area contributed by atoms with E-state index in [0.29, 0.717) is 18.0 Å². The first kappa shape index (κ1) is 20.5. The molecule has 0 spiro atoms. The number of carboxylic acid groups (broad SMARTS) is 1. The molecule has 30 heavy (non-hydrogen) atoms. The van der Waals surface area contributed by atoms with E-state index in [2.05, 4.69) is 6.92 Å². The van der Waals surface area contributed by atoms with Gasteiger partial charge in [-0.2, -0.15) is 0 Å². The van der Waals surface area contributed by atoms with E-state index in [1.54, 1.807) is 0 Å². The number of carbonyl (C=O) groups is 2. The van der Waals surface area contributed by atoms with Crippen molar-refractivity contribution in [3.63, 3.8) is 0 Å². The van der Waals surface area contributed by atoms with Crippen LogP contribution in [0.4, 0.5) is 0 Å². The second-order valence-electron chi connectivity index (χ2n) is 8.45. The molecule has 0 saturated heterocycles. The molecule has 0 bridgehead atoms. The van der Waals surface area contributed by atoms with Crippen molar-refractivity contribution in [3.8, 4) is 17.2 Å². The molecular weight excluding hydrogens is 380 g/mol. The van der Waals surface area contributed by atoms with Crippen molar-refractivity contribution in [2.24, 2.45) is 0 Å². The van der Waals surface area contributed by atoms with E-state index in [9.17, 15) is 9.59 Å². The third kappa shape index (κ3) is 3.36. The smallest absolute Gasteiger partial charge is 0.341 e. The molecule has 1 N–H and O–H groups in total. The standard InChI is InChI=1S/C25H28O5/c1-4-22(26)25(10-5-11-25)20-13-17(7-6-15(20)2)30-24-16(3)12-21(29-14-23(27)28)18-8-9-19(18)24/h6-7,12-13H,4-5,8-11,14H2,1-3H3,(H,27,28). The Morgan fingerprint density at radius 2 is 1.80 bits per heavy atom. The van der Waals surface area contributed by atoms with Gasteiger partial charge in [0.2, 0.25) is 0 Å². The van der Waals surface area contributed by atoms with Gasteiger partial charge in [-0.1, -0.05) is 19.4 Å². The number of ether oxygens (including phenoxy) is 2. The lowest BCUT2D eigenvalue weighted by Crippen LogP contribution is -2.42. The number of benzene rings is 2. The highest BCUT2D eigenvalue weighted by Crippen LogP contribution is 2.48. The normalized spacial score (nSPS) is 16.1. The highest BCUT2D eigenvalue weighted by molar-refractivity contribution is 5.91. The third-order valence-electron chi connectivity index (χ3n) is 6.62. The summed E-state index contributed by atoms with van der Waals surface area (Å²) in [6.07, 6.45) is 5.19. The fourth-order valence-corrected chi connectivity index (χ4v) is 4.76. The van der Waals surface area contributed by atoms with Gasteiger partial charge in [-0.05, 0) is 74.4 Å². The molecule has 1 saturated carbocycles. The number of fused-ring (bicyclic) bond motifs is 1. The molecule has 4 rings (SSSR count). The molecule has 2 aromatic carbocycles. The molecule has 2 aliphatic rings. The Labute approximate surface area is 177 Å². The van der Waals surface area contributed by atoms with Crippen LogP contribution in [0.3, 0.4) is 0 Å². The van der Waals surface area contributed by atoms with Crippen LogP contribution in [0, 0.1) is 13.8 Å². The van der Waals surface area contributed by atoms with Crippen LogP contribution in [0.15, 0.2) is 24.3 Å². The van der Waals surface area contributed by atoms with Crippen molar-refractivity contribution in [1.82, 2.24) is 0 Å². The number of aliphatic carboxylic acids is 1. The first-order valence-electron chi connectivity index (χ1n) is 10.7. The average molecular weight is 408 g/mol. The largest absolute Gasteiger partial charge is 0.482 e. The van der Waals surface area contributed by atoms with Crippen LogP contribution in [0.5, 0.6) is 17.2 Å². The molecular formula is C25H28O5. The lowest BCUT2D eigenvalue weighted by atomic mass is 9.60. The summed E-state index contributed by atoms with van der Waals surface area (Å²) in [6, 6.07) is 7.90. The maximum atomic E-state index is 12.8. The summed E-state index contributed by atoms with van der Waals surface area (Å²) in [7, 11) is 0. The number of ketones is 1. The fourth-order valence-electron chi connectivity index (χ4n) is 4.76. The lowest BCUT2D eigenvalue weighted by Gasteiger charge is -2.42. The molecule has 158 valence electrons. The summed E-state index contributed by atoms with van der Waals surface area (Å²) in [4.78, 5) is 23.6. The predicted molar refractivity (Wildman–Crippen MR) is 114 cm³/mol. The summed E-state index contributed by atoms with van der Waals surface area (Å²) in [6.45, 7) is 5.61. The summed E-state index contributed by atoms with van der Waals surface area (Å²) < 4.78 is 11.8. The Balaban J connectivity index is 1.65. The van der Waals surface area contributed by atoms with Gasteiger partial charge in [0, 0.05) is 17.5 Å². The van der Waals surface area contributed by atoms with Crippen molar-refractivity contribution in [2.45, 2.75) is 64.7 Å². The summed E-state index contributed by atoms with van der Waals surface area (Å²) >= 11 is 0. The van der Waals surface area contributed by atoms with E-state index >= 15 is 0 Å². The number of Topliss-reactive ketones (excluding diaryl/α,β-unsaturated/α-hetero) is 1. The van der Waals surface area contributed by atoms with Crippen LogP contribution in [0.2, 0.25) is 0 Å². The van der Waals surface area contributed by atoms with Crippen LogP contribution in [-0.4, -0.2) is 23.5 Å². The maximum Gasteiger partial charge on any atom is 0.341 e. The highest BCUT2D eigenvalue weighted by atomic mass is 16.5. The molecule has 0 radical (unpaired) electrons. The van der Waals surface area contributed by atoms with Crippen LogP contribution < -0.4 is 9.47 Å². The molecule has 5 heteroatoms. The topological polar surface area (TPSA) is 72.8 Å². The first-order chi connectivity index (χ1) is 14.4. The molecule has 2 aromatic rings. The van der Waals surface area contributed by atoms with Crippen molar-refractivity contribution in [1.29, 1.82) is 0 Å². The van der Waals surface area contributed by atoms with Crippen molar-refractivity contribution >= 4 is 11.8 Å². The van der Waals surface area contributed by atoms with E-state index in [1.165, 1.54) is 0 Å². The summed E-state index contributed by atoms with van der Waals surface area (Å²) in [5, 5.41) is 8.89. The minimum Gasteiger partial charge on any atom is -0.482 e. The molecule has 0 amide bonds. The molecule has 0 aliphatic heterocycles. The second kappa shape index (κ2) is 7.78. The Morgan fingerprint density at radius 1 is 1.07 bits per heavy atom. The van der Waals surface area contributed by atoms with Gasteiger partial charge >= 0.3 is 5.97 Å². The van der Waals surface area contributed by atoms with Gasteiger partial charge in [0.05, 0.1) is 5.41 Å². The molecule has 0 atom stereocenters. The molecule has 5 nitrogen and oxygen atoms in total. The average Bonchev–Trinajstić information content (AvgIpc) is 2.64. The van der Waals surface area contributed by atoms with Crippen LogP contribution in [0.25, 0.3) is 0 Å². The number of hydrogen-bond donors (Lipinski definition) is 1. The molecule has 0 aromatic heterocycles. The molecule has 2 aliphatic carbocycles. The predicted octanol–water partition coefficient (Wildman–Crippen LogP) is 5.06.